The van der Waals surface area contributed by atoms with Crippen LogP contribution in [0.25, 0.3) is 0 Å². The molecule has 0 saturated carbocycles. The number of rotatable bonds is 15. The SMILES string of the molecule is C[C@@H](O)[C@@H](N)C(=O)N[C@@H](Cc1ccc(O)cc1)C(=O)N[C@@H](CO)C(=O)N[C@@H](CCCCN)C(=O)O. The number of amides is 3. The molecule has 0 aliphatic rings. The second-order valence-corrected chi connectivity index (χ2v) is 8.13. The summed E-state index contributed by atoms with van der Waals surface area (Å²) >= 11 is 0. The third-order valence-corrected chi connectivity index (χ3v) is 5.21. The molecule has 13 heteroatoms. The van der Waals surface area contributed by atoms with E-state index in [1.165, 1.54) is 31.2 Å². The van der Waals surface area contributed by atoms with Gasteiger partial charge in [-0.3, -0.25) is 14.4 Å². The number of nitrogens with two attached hydrogens (primary N) is 2. The highest BCUT2D eigenvalue weighted by Crippen LogP contribution is 2.12. The largest absolute Gasteiger partial charge is 0.508 e. The van der Waals surface area contributed by atoms with Crippen molar-refractivity contribution in [2.75, 3.05) is 13.2 Å². The van der Waals surface area contributed by atoms with Gasteiger partial charge in [-0.15, -0.1) is 0 Å². The molecule has 0 aliphatic heterocycles. The standard InChI is InChI=1S/C22H35N5O8/c1-12(29)18(24)21(33)26-16(10-13-5-7-14(30)8-6-13)19(31)27-17(11-28)20(32)25-15(22(34)35)4-2-3-9-23/h5-8,12,15-18,28-30H,2-4,9-11,23-24H2,1H3,(H,25,32)(H,26,33)(H,27,31)(H,34,35)/t12-,15+,16+,17+,18-/m1/s1. The van der Waals surface area contributed by atoms with E-state index in [-0.39, 0.29) is 18.6 Å². The van der Waals surface area contributed by atoms with E-state index >= 15 is 0 Å². The molecule has 0 bridgehead atoms. The van der Waals surface area contributed by atoms with Crippen LogP contribution < -0.4 is 27.4 Å². The van der Waals surface area contributed by atoms with E-state index in [4.69, 9.17) is 11.5 Å². The molecule has 0 spiro atoms. The van der Waals surface area contributed by atoms with Gasteiger partial charge in [0, 0.05) is 6.42 Å². The average Bonchev–Trinajstić information content (AvgIpc) is 2.81. The molecule has 1 rings (SSSR count). The van der Waals surface area contributed by atoms with Crippen molar-refractivity contribution in [3.63, 3.8) is 0 Å². The number of hydrogen-bond donors (Lipinski definition) is 9. The van der Waals surface area contributed by atoms with Gasteiger partial charge in [0.05, 0.1) is 12.7 Å². The molecule has 5 atom stereocenters. The van der Waals surface area contributed by atoms with Crippen molar-refractivity contribution in [1.29, 1.82) is 0 Å². The van der Waals surface area contributed by atoms with Crippen molar-refractivity contribution < 1.29 is 39.6 Å². The van der Waals surface area contributed by atoms with Gasteiger partial charge in [-0.05, 0) is 50.4 Å². The van der Waals surface area contributed by atoms with E-state index in [0.29, 0.717) is 24.9 Å². The van der Waals surface area contributed by atoms with Gasteiger partial charge < -0.3 is 47.8 Å². The second-order valence-electron chi connectivity index (χ2n) is 8.13. The molecule has 3 amide bonds. The van der Waals surface area contributed by atoms with Gasteiger partial charge >= 0.3 is 5.97 Å². The second kappa shape index (κ2) is 14.9. The minimum absolute atomic E-state index is 0.00798. The van der Waals surface area contributed by atoms with E-state index in [2.05, 4.69) is 16.0 Å². The first-order valence-corrected chi connectivity index (χ1v) is 11.2. The molecular formula is C22H35N5O8. The lowest BCUT2D eigenvalue weighted by atomic mass is 10.0. The van der Waals surface area contributed by atoms with Crippen molar-refractivity contribution in [3.8, 4) is 5.75 Å². The first-order valence-electron chi connectivity index (χ1n) is 11.2. The number of benzene rings is 1. The highest BCUT2D eigenvalue weighted by Gasteiger charge is 2.30. The topological polar surface area (TPSA) is 237 Å². The smallest absolute Gasteiger partial charge is 0.326 e. The summed E-state index contributed by atoms with van der Waals surface area (Å²) in [5, 5.41) is 45.0. The lowest BCUT2D eigenvalue weighted by molar-refractivity contribution is -0.142. The summed E-state index contributed by atoms with van der Waals surface area (Å²) in [5.74, 6) is -3.88. The predicted octanol–water partition coefficient (Wildman–Crippen LogP) is -2.70. The number of carbonyl (C=O) groups is 4. The van der Waals surface area contributed by atoms with Crippen LogP contribution in [-0.4, -0.2) is 87.5 Å². The zero-order chi connectivity index (χ0) is 26.5. The van der Waals surface area contributed by atoms with Crippen LogP contribution in [0.1, 0.15) is 31.7 Å². The van der Waals surface area contributed by atoms with Crippen molar-refractivity contribution in [1.82, 2.24) is 16.0 Å². The maximum atomic E-state index is 12.9. The van der Waals surface area contributed by atoms with E-state index in [1.54, 1.807) is 0 Å². The molecule has 35 heavy (non-hydrogen) atoms. The lowest BCUT2D eigenvalue weighted by Gasteiger charge is -2.25. The van der Waals surface area contributed by atoms with Crippen LogP contribution in [-0.2, 0) is 25.6 Å². The number of aromatic hydroxyl groups is 1. The summed E-state index contributed by atoms with van der Waals surface area (Å²) in [4.78, 5) is 49.3. The number of phenols is 1. The number of nitrogens with one attached hydrogen (secondary N) is 3. The average molecular weight is 498 g/mol. The van der Waals surface area contributed by atoms with E-state index in [9.17, 15) is 39.6 Å². The van der Waals surface area contributed by atoms with Crippen LogP contribution in [0.15, 0.2) is 24.3 Å². The van der Waals surface area contributed by atoms with E-state index in [0.717, 1.165) is 0 Å². The summed E-state index contributed by atoms with van der Waals surface area (Å²) in [6.07, 6.45) is -0.140. The normalized spacial score (nSPS) is 15.2. The molecule has 1 aromatic carbocycles. The number of aliphatic hydroxyl groups is 2. The number of hydrogen-bond acceptors (Lipinski definition) is 9. The van der Waals surface area contributed by atoms with Crippen molar-refractivity contribution >= 4 is 23.7 Å². The summed E-state index contributed by atoms with van der Waals surface area (Å²) in [7, 11) is 0. The third-order valence-electron chi connectivity index (χ3n) is 5.21. The number of unbranched alkanes of at least 4 members (excludes halogenated alkanes) is 1. The Morgan fingerprint density at radius 3 is 1.97 bits per heavy atom. The van der Waals surface area contributed by atoms with E-state index < -0.39 is 60.6 Å². The Morgan fingerprint density at radius 2 is 1.46 bits per heavy atom. The molecule has 1 aromatic rings. The number of aliphatic carboxylic acids is 1. The van der Waals surface area contributed by atoms with Crippen LogP contribution in [0.2, 0.25) is 0 Å². The fourth-order valence-electron chi connectivity index (χ4n) is 3.05. The quantitative estimate of drug-likeness (QED) is 0.114. The fourth-order valence-corrected chi connectivity index (χ4v) is 3.05. The monoisotopic (exact) mass is 497 g/mol. The molecule has 13 nitrogen and oxygen atoms in total. The zero-order valence-electron chi connectivity index (χ0n) is 19.5. The Balaban J connectivity index is 2.97. The lowest BCUT2D eigenvalue weighted by Crippen LogP contribution is -2.59. The molecule has 0 aromatic heterocycles. The maximum Gasteiger partial charge on any atom is 0.326 e. The number of carbonyl (C=O) groups excluding carboxylic acids is 3. The summed E-state index contributed by atoms with van der Waals surface area (Å²) in [6, 6.07) is 0.477. The van der Waals surface area contributed by atoms with Crippen molar-refractivity contribution in [2.45, 2.75) is 62.9 Å². The minimum atomic E-state index is -1.50. The molecule has 0 unspecified atom stereocenters. The van der Waals surface area contributed by atoms with Crippen LogP contribution in [0.5, 0.6) is 5.75 Å². The van der Waals surface area contributed by atoms with E-state index in [1.807, 2.05) is 0 Å². The van der Waals surface area contributed by atoms with Crippen LogP contribution in [0.3, 0.4) is 0 Å². The van der Waals surface area contributed by atoms with Crippen LogP contribution in [0.4, 0.5) is 0 Å². The molecule has 11 N–H and O–H groups in total. The van der Waals surface area contributed by atoms with Gasteiger partial charge in [0.2, 0.25) is 17.7 Å². The van der Waals surface area contributed by atoms with Gasteiger partial charge in [-0.2, -0.15) is 0 Å². The number of carboxylic acid groups (broad SMARTS) is 1. The molecule has 0 saturated heterocycles. The number of aliphatic hydroxyl groups excluding tert-OH is 2. The summed E-state index contributed by atoms with van der Waals surface area (Å²) < 4.78 is 0. The van der Waals surface area contributed by atoms with Crippen LogP contribution >= 0.6 is 0 Å². The van der Waals surface area contributed by atoms with Gasteiger partial charge in [0.25, 0.3) is 0 Å². The Labute approximate surface area is 202 Å². The van der Waals surface area contributed by atoms with Crippen LogP contribution in [0, 0.1) is 0 Å². The maximum absolute atomic E-state index is 12.9. The van der Waals surface area contributed by atoms with Crippen molar-refractivity contribution in [2.24, 2.45) is 11.5 Å². The first-order chi connectivity index (χ1) is 16.5. The van der Waals surface area contributed by atoms with Gasteiger partial charge in [-0.1, -0.05) is 12.1 Å². The Morgan fingerprint density at radius 1 is 0.914 bits per heavy atom. The Kier molecular flexibility index (Phi) is 12.7. The molecule has 196 valence electrons. The summed E-state index contributed by atoms with van der Waals surface area (Å²) in [5.41, 5.74) is 11.6. The highest BCUT2D eigenvalue weighted by atomic mass is 16.4. The van der Waals surface area contributed by atoms with Gasteiger partial charge in [-0.25, -0.2) is 4.79 Å². The predicted molar refractivity (Wildman–Crippen MR) is 125 cm³/mol. The molecule has 0 aliphatic carbocycles. The number of carboxylic acids is 1. The highest BCUT2D eigenvalue weighted by molar-refractivity contribution is 5.94. The Hall–Kier alpha value is -3.26. The third kappa shape index (κ3) is 10.3. The molecule has 0 heterocycles. The minimum Gasteiger partial charge on any atom is -0.508 e. The molecule has 0 fully saturated rings. The van der Waals surface area contributed by atoms with Gasteiger partial charge in [0.1, 0.15) is 29.9 Å². The molecular weight excluding hydrogens is 462 g/mol. The molecule has 0 radical (unpaired) electrons. The van der Waals surface area contributed by atoms with Gasteiger partial charge in [0.15, 0.2) is 0 Å². The zero-order valence-corrected chi connectivity index (χ0v) is 19.5. The number of phenolic OH excluding ortho intramolecular Hbond substituents is 1. The fraction of sp³-hybridized carbons (Fsp3) is 0.545. The first kappa shape index (κ1) is 29.8. The Bertz CT molecular complexity index is 849. The van der Waals surface area contributed by atoms with Crippen molar-refractivity contribution in [3.05, 3.63) is 29.8 Å². The summed E-state index contributed by atoms with van der Waals surface area (Å²) in [6.45, 7) is 0.833.